The van der Waals surface area contributed by atoms with E-state index in [4.69, 9.17) is 0 Å². The Bertz CT molecular complexity index is 1450. The maximum absolute atomic E-state index is 14.2. The lowest BCUT2D eigenvalue weighted by Crippen LogP contribution is -2.46. The van der Waals surface area contributed by atoms with Crippen LogP contribution in [0.3, 0.4) is 0 Å². The van der Waals surface area contributed by atoms with E-state index in [0.717, 1.165) is 5.56 Å². The molecule has 0 bridgehead atoms. The third-order valence-electron chi connectivity index (χ3n) is 6.27. The molecule has 34 heavy (non-hydrogen) atoms. The Morgan fingerprint density at radius 3 is 2.35 bits per heavy atom. The molecule has 0 unspecified atom stereocenters. The molecule has 1 fully saturated rings. The molecule has 2 aromatic carbocycles. The fraction of sp³-hybridized carbons (Fsp3) is 0.292. The van der Waals surface area contributed by atoms with E-state index in [1.54, 1.807) is 35.9 Å². The topological polar surface area (TPSA) is 79.2 Å². The van der Waals surface area contributed by atoms with Crippen molar-refractivity contribution in [1.82, 2.24) is 24.0 Å². The molecule has 1 aliphatic rings. The van der Waals surface area contributed by atoms with Crippen LogP contribution in [0.1, 0.15) is 11.4 Å². The van der Waals surface area contributed by atoms with E-state index in [-0.39, 0.29) is 11.6 Å². The first-order chi connectivity index (χ1) is 16.4. The average molecular weight is 466 g/mol. The minimum Gasteiger partial charge on any atom is -0.367 e. The summed E-state index contributed by atoms with van der Waals surface area (Å²) in [5.74, 6) is 0.0509. The maximum atomic E-state index is 14.2. The van der Waals surface area contributed by atoms with Gasteiger partial charge in [-0.25, -0.2) is 18.6 Å². The van der Waals surface area contributed by atoms with Gasteiger partial charge in [0.05, 0.1) is 12.2 Å². The molecule has 1 aliphatic heterocycles. The van der Waals surface area contributed by atoms with Crippen LogP contribution in [0.15, 0.2) is 58.1 Å². The summed E-state index contributed by atoms with van der Waals surface area (Å²) >= 11 is 0. The summed E-state index contributed by atoms with van der Waals surface area (Å²) < 4.78 is 30.7. The van der Waals surface area contributed by atoms with Crippen molar-refractivity contribution in [2.24, 2.45) is 7.05 Å². The number of hydrogen-bond donors (Lipinski definition) is 1. The van der Waals surface area contributed by atoms with Crippen molar-refractivity contribution in [3.05, 3.63) is 92.4 Å². The molecule has 0 saturated carbocycles. The van der Waals surface area contributed by atoms with Crippen LogP contribution in [0.5, 0.6) is 0 Å². The SMILES string of the molecule is Cn1c(=O)[nH]c(=O)c2c1nc(CN1CCN(c3ccccc3F)CC1)n2Cc1ccc(F)cc1. The Hall–Kier alpha value is -3.79. The highest BCUT2D eigenvalue weighted by atomic mass is 19.1. The summed E-state index contributed by atoms with van der Waals surface area (Å²) in [5, 5.41) is 0. The lowest BCUT2D eigenvalue weighted by Gasteiger charge is -2.36. The van der Waals surface area contributed by atoms with Gasteiger partial charge < -0.3 is 9.47 Å². The van der Waals surface area contributed by atoms with E-state index in [9.17, 15) is 18.4 Å². The first-order valence-electron chi connectivity index (χ1n) is 11.1. The zero-order valence-electron chi connectivity index (χ0n) is 18.7. The van der Waals surface area contributed by atoms with Gasteiger partial charge in [0.2, 0.25) is 0 Å². The second kappa shape index (κ2) is 8.86. The number of aromatic amines is 1. The van der Waals surface area contributed by atoms with Gasteiger partial charge in [0.1, 0.15) is 17.5 Å². The van der Waals surface area contributed by atoms with Crippen molar-refractivity contribution in [3.8, 4) is 0 Å². The Kier molecular flexibility index (Phi) is 5.74. The van der Waals surface area contributed by atoms with Gasteiger partial charge in [-0.15, -0.1) is 0 Å². The molecule has 176 valence electrons. The number of fused-ring (bicyclic) bond motifs is 1. The number of hydrogen-bond acceptors (Lipinski definition) is 5. The van der Waals surface area contributed by atoms with E-state index in [1.807, 2.05) is 11.0 Å². The maximum Gasteiger partial charge on any atom is 0.329 e. The quantitative estimate of drug-likeness (QED) is 0.487. The van der Waals surface area contributed by atoms with E-state index in [0.29, 0.717) is 61.9 Å². The van der Waals surface area contributed by atoms with Gasteiger partial charge in [0, 0.05) is 39.8 Å². The first kappa shape index (κ1) is 22.0. The highest BCUT2D eigenvalue weighted by Gasteiger charge is 2.23. The average Bonchev–Trinajstić information content (AvgIpc) is 3.18. The number of para-hydroxylation sites is 1. The first-order valence-corrected chi connectivity index (χ1v) is 11.1. The van der Waals surface area contributed by atoms with Crippen molar-refractivity contribution < 1.29 is 8.78 Å². The van der Waals surface area contributed by atoms with E-state index >= 15 is 0 Å². The van der Waals surface area contributed by atoms with Crippen LogP contribution in [0, 0.1) is 11.6 Å². The van der Waals surface area contributed by atoms with Crippen LogP contribution in [-0.4, -0.2) is 50.2 Å². The third kappa shape index (κ3) is 4.12. The minimum atomic E-state index is -0.533. The number of H-pyrrole nitrogens is 1. The van der Waals surface area contributed by atoms with Crippen LogP contribution in [-0.2, 0) is 20.1 Å². The number of nitrogens with zero attached hydrogens (tertiary/aromatic N) is 5. The summed E-state index contributed by atoms with van der Waals surface area (Å²) in [5.41, 5.74) is 0.950. The fourth-order valence-electron chi connectivity index (χ4n) is 4.40. The Morgan fingerprint density at radius 1 is 0.941 bits per heavy atom. The zero-order valence-corrected chi connectivity index (χ0v) is 18.7. The monoisotopic (exact) mass is 466 g/mol. The van der Waals surface area contributed by atoms with Gasteiger partial charge in [-0.2, -0.15) is 0 Å². The Labute approximate surface area is 193 Å². The van der Waals surface area contributed by atoms with E-state index in [1.165, 1.54) is 22.8 Å². The molecule has 0 spiro atoms. The normalized spacial score (nSPS) is 14.7. The summed E-state index contributed by atoms with van der Waals surface area (Å²) in [6.07, 6.45) is 0. The molecule has 0 radical (unpaired) electrons. The lowest BCUT2D eigenvalue weighted by atomic mass is 10.2. The van der Waals surface area contributed by atoms with Crippen molar-refractivity contribution in [1.29, 1.82) is 0 Å². The van der Waals surface area contributed by atoms with Crippen LogP contribution in [0.2, 0.25) is 0 Å². The summed E-state index contributed by atoms with van der Waals surface area (Å²) in [4.78, 5) is 36.0. The fourth-order valence-corrected chi connectivity index (χ4v) is 4.40. The predicted molar refractivity (Wildman–Crippen MR) is 125 cm³/mol. The van der Waals surface area contributed by atoms with Crippen LogP contribution in [0.4, 0.5) is 14.5 Å². The number of nitrogens with one attached hydrogen (secondary N) is 1. The Morgan fingerprint density at radius 2 is 1.65 bits per heavy atom. The summed E-state index contributed by atoms with van der Waals surface area (Å²) in [6, 6.07) is 12.8. The number of benzene rings is 2. The second-order valence-electron chi connectivity index (χ2n) is 8.45. The van der Waals surface area contributed by atoms with Crippen LogP contribution >= 0.6 is 0 Å². The van der Waals surface area contributed by atoms with Gasteiger partial charge in [-0.1, -0.05) is 24.3 Å². The van der Waals surface area contributed by atoms with Crippen molar-refractivity contribution in [2.45, 2.75) is 13.1 Å². The van der Waals surface area contributed by atoms with Crippen LogP contribution < -0.4 is 16.1 Å². The third-order valence-corrected chi connectivity index (χ3v) is 6.27. The molecule has 0 amide bonds. The number of halogens is 2. The van der Waals surface area contributed by atoms with E-state index in [2.05, 4.69) is 14.9 Å². The summed E-state index contributed by atoms with van der Waals surface area (Å²) in [6.45, 7) is 3.43. The largest absolute Gasteiger partial charge is 0.367 e. The highest BCUT2D eigenvalue weighted by Crippen LogP contribution is 2.22. The lowest BCUT2D eigenvalue weighted by molar-refractivity contribution is 0.241. The number of rotatable bonds is 5. The molecule has 5 rings (SSSR count). The summed E-state index contributed by atoms with van der Waals surface area (Å²) in [7, 11) is 1.56. The second-order valence-corrected chi connectivity index (χ2v) is 8.45. The number of imidazole rings is 1. The van der Waals surface area contributed by atoms with Crippen molar-refractivity contribution >= 4 is 16.9 Å². The molecular weight excluding hydrogens is 442 g/mol. The molecular formula is C24H24F2N6O2. The van der Waals surface area contributed by atoms with Gasteiger partial charge >= 0.3 is 5.69 Å². The Balaban J connectivity index is 1.45. The van der Waals surface area contributed by atoms with Gasteiger partial charge in [0.25, 0.3) is 5.56 Å². The van der Waals surface area contributed by atoms with Gasteiger partial charge in [-0.05, 0) is 29.8 Å². The number of piperazine rings is 1. The zero-order chi connectivity index (χ0) is 23.8. The van der Waals surface area contributed by atoms with E-state index < -0.39 is 11.2 Å². The molecule has 8 nitrogen and oxygen atoms in total. The van der Waals surface area contributed by atoms with Crippen LogP contribution in [0.25, 0.3) is 11.2 Å². The molecule has 1 saturated heterocycles. The van der Waals surface area contributed by atoms with Gasteiger partial charge in [-0.3, -0.25) is 19.2 Å². The smallest absolute Gasteiger partial charge is 0.329 e. The number of anilines is 1. The number of aryl methyl sites for hydroxylation is 1. The highest BCUT2D eigenvalue weighted by molar-refractivity contribution is 5.71. The molecule has 4 aromatic rings. The molecule has 0 aliphatic carbocycles. The standard InChI is InChI=1S/C24H24F2N6O2/c1-29-22-21(23(33)28-24(29)34)32(14-16-6-8-17(25)9-7-16)20(27-22)15-30-10-12-31(13-11-30)19-5-3-2-4-18(19)26/h2-9H,10-15H2,1H3,(H,28,33,34). The number of aromatic nitrogens is 4. The van der Waals surface area contributed by atoms with Gasteiger partial charge in [0.15, 0.2) is 11.2 Å². The molecule has 1 N–H and O–H groups in total. The predicted octanol–water partition coefficient (Wildman–Crippen LogP) is 2.07. The molecule has 3 heterocycles. The molecule has 2 aromatic heterocycles. The minimum absolute atomic E-state index is 0.239. The molecule has 10 heteroatoms. The van der Waals surface area contributed by atoms with Crippen molar-refractivity contribution in [3.63, 3.8) is 0 Å². The van der Waals surface area contributed by atoms with Crippen molar-refractivity contribution in [2.75, 3.05) is 31.1 Å². The molecule has 0 atom stereocenters.